The van der Waals surface area contributed by atoms with Crippen molar-refractivity contribution in [3.8, 4) is 11.3 Å². The van der Waals surface area contributed by atoms with Crippen LogP contribution in [0.3, 0.4) is 0 Å². The summed E-state index contributed by atoms with van der Waals surface area (Å²) in [6.45, 7) is 6.74. The number of allylic oxidation sites excluding steroid dienone is 1. The molecule has 28 heavy (non-hydrogen) atoms. The average Bonchev–Trinajstić information content (AvgIpc) is 3.30. The van der Waals surface area contributed by atoms with Crippen LogP contribution in [0.2, 0.25) is 0 Å². The van der Waals surface area contributed by atoms with Gasteiger partial charge >= 0.3 is 0 Å². The minimum absolute atomic E-state index is 0.0605. The van der Waals surface area contributed by atoms with Gasteiger partial charge in [-0.25, -0.2) is 4.98 Å². The van der Waals surface area contributed by atoms with Gasteiger partial charge in [0.1, 0.15) is 11.5 Å². The van der Waals surface area contributed by atoms with Gasteiger partial charge in [-0.2, -0.15) is 0 Å². The highest BCUT2D eigenvalue weighted by Crippen LogP contribution is 2.34. The molecule has 3 aromatic rings. The maximum atomic E-state index is 12.6. The Morgan fingerprint density at radius 1 is 1.18 bits per heavy atom. The second-order valence-corrected chi connectivity index (χ2v) is 7.71. The van der Waals surface area contributed by atoms with Crippen molar-refractivity contribution < 1.29 is 13.9 Å². The Balaban J connectivity index is 1.67. The van der Waals surface area contributed by atoms with Gasteiger partial charge in [0.2, 0.25) is 0 Å². The number of benzene rings is 1. The molecule has 0 unspecified atom stereocenters. The summed E-state index contributed by atoms with van der Waals surface area (Å²) in [7, 11) is 0. The molecule has 144 valence electrons. The zero-order chi connectivity index (χ0) is 19.5. The molecule has 0 bridgehead atoms. The van der Waals surface area contributed by atoms with Gasteiger partial charge in [0.15, 0.2) is 10.9 Å². The maximum Gasteiger partial charge on any atom is 0.189 e. The van der Waals surface area contributed by atoms with Crippen molar-refractivity contribution in [1.82, 2.24) is 4.98 Å². The normalized spacial score (nSPS) is 14.7. The molecule has 0 N–H and O–H groups in total. The highest BCUT2D eigenvalue weighted by molar-refractivity contribution is 7.17. The number of carbonyl (C=O) groups is 1. The molecule has 1 saturated heterocycles. The Labute approximate surface area is 168 Å². The Hall–Kier alpha value is -2.70. The van der Waals surface area contributed by atoms with Crippen molar-refractivity contribution in [3.63, 3.8) is 0 Å². The first-order chi connectivity index (χ1) is 13.6. The summed E-state index contributed by atoms with van der Waals surface area (Å²) in [5.74, 6) is 1.33. The fourth-order valence-corrected chi connectivity index (χ4v) is 4.28. The highest BCUT2D eigenvalue weighted by Gasteiger charge is 2.19. The van der Waals surface area contributed by atoms with Crippen LogP contribution < -0.4 is 4.90 Å². The lowest BCUT2D eigenvalue weighted by Gasteiger charge is -2.26. The van der Waals surface area contributed by atoms with Gasteiger partial charge in [-0.05, 0) is 32.1 Å². The van der Waals surface area contributed by atoms with E-state index in [0.717, 1.165) is 40.1 Å². The number of aromatic nitrogens is 1. The maximum absolute atomic E-state index is 12.6. The number of nitrogens with zero attached hydrogens (tertiary/aromatic N) is 2. The summed E-state index contributed by atoms with van der Waals surface area (Å²) in [6, 6.07) is 11.9. The monoisotopic (exact) mass is 394 g/mol. The van der Waals surface area contributed by atoms with E-state index in [9.17, 15) is 4.79 Å². The summed E-state index contributed by atoms with van der Waals surface area (Å²) in [5.41, 5.74) is 2.55. The van der Waals surface area contributed by atoms with Gasteiger partial charge in [0.05, 0.1) is 29.3 Å². The van der Waals surface area contributed by atoms with Crippen molar-refractivity contribution >= 4 is 28.3 Å². The number of carbonyl (C=O) groups excluding carboxylic acids is 1. The molecule has 6 heteroatoms. The number of furan rings is 1. The van der Waals surface area contributed by atoms with Crippen molar-refractivity contribution in [2.75, 3.05) is 31.2 Å². The van der Waals surface area contributed by atoms with Crippen LogP contribution in [0.1, 0.15) is 26.8 Å². The average molecular weight is 394 g/mol. The molecule has 0 atom stereocenters. The molecular weight excluding hydrogens is 372 g/mol. The van der Waals surface area contributed by atoms with Gasteiger partial charge in [0.25, 0.3) is 0 Å². The van der Waals surface area contributed by atoms with Crippen LogP contribution in [-0.2, 0) is 4.74 Å². The number of hydrogen-bond donors (Lipinski definition) is 0. The lowest BCUT2D eigenvalue weighted by Crippen LogP contribution is -2.36. The van der Waals surface area contributed by atoms with Crippen molar-refractivity contribution in [1.29, 1.82) is 0 Å². The lowest BCUT2D eigenvalue weighted by molar-refractivity contribution is 0.104. The number of ketones is 1. The van der Waals surface area contributed by atoms with E-state index in [0.29, 0.717) is 24.5 Å². The van der Waals surface area contributed by atoms with E-state index in [2.05, 4.69) is 4.90 Å². The van der Waals surface area contributed by atoms with Gasteiger partial charge in [-0.1, -0.05) is 41.7 Å². The summed E-state index contributed by atoms with van der Waals surface area (Å²) in [5, 5.41) is 0.963. The standard InChI is InChI=1S/C22H22N2O3S/c1-15-14-18(16(2)27-15)19(25)8-9-20-21(17-6-4-3-5-7-17)23-22(28-20)24-10-12-26-13-11-24/h3-9,14H,10-13H2,1-2H3/b9-8+. The van der Waals surface area contributed by atoms with E-state index in [1.165, 1.54) is 0 Å². The molecule has 0 saturated carbocycles. The van der Waals surface area contributed by atoms with Gasteiger partial charge < -0.3 is 14.1 Å². The van der Waals surface area contributed by atoms with Crippen molar-refractivity contribution in [3.05, 3.63) is 64.4 Å². The first-order valence-electron chi connectivity index (χ1n) is 9.30. The number of thiazole rings is 1. The summed E-state index contributed by atoms with van der Waals surface area (Å²) in [4.78, 5) is 20.7. The Bertz CT molecular complexity index is 998. The number of anilines is 1. The third kappa shape index (κ3) is 3.93. The summed E-state index contributed by atoms with van der Waals surface area (Å²) in [6.07, 6.45) is 3.48. The van der Waals surface area contributed by atoms with Crippen molar-refractivity contribution in [2.45, 2.75) is 13.8 Å². The van der Waals surface area contributed by atoms with Crippen LogP contribution >= 0.6 is 11.3 Å². The minimum Gasteiger partial charge on any atom is -0.466 e. The first kappa shape index (κ1) is 18.7. The van der Waals surface area contributed by atoms with Gasteiger partial charge in [-0.15, -0.1) is 0 Å². The highest BCUT2D eigenvalue weighted by atomic mass is 32.1. The van der Waals surface area contributed by atoms with E-state index >= 15 is 0 Å². The summed E-state index contributed by atoms with van der Waals surface area (Å²) < 4.78 is 10.9. The van der Waals surface area contributed by atoms with Crippen LogP contribution in [0.5, 0.6) is 0 Å². The Morgan fingerprint density at radius 2 is 1.93 bits per heavy atom. The third-order valence-corrected chi connectivity index (χ3v) is 5.74. The van der Waals surface area contributed by atoms with E-state index in [-0.39, 0.29) is 5.78 Å². The van der Waals surface area contributed by atoms with Crippen LogP contribution in [0, 0.1) is 13.8 Å². The number of aryl methyl sites for hydroxylation is 2. The van der Waals surface area contributed by atoms with Gasteiger partial charge in [0, 0.05) is 18.7 Å². The number of rotatable bonds is 5. The molecule has 1 aliphatic rings. The smallest absolute Gasteiger partial charge is 0.189 e. The lowest BCUT2D eigenvalue weighted by atomic mass is 10.1. The van der Waals surface area contributed by atoms with E-state index in [1.807, 2.05) is 50.3 Å². The van der Waals surface area contributed by atoms with Gasteiger partial charge in [-0.3, -0.25) is 4.79 Å². The zero-order valence-corrected chi connectivity index (χ0v) is 16.8. The second-order valence-electron chi connectivity index (χ2n) is 6.70. The predicted molar refractivity (Wildman–Crippen MR) is 112 cm³/mol. The molecule has 1 aliphatic heterocycles. The topological polar surface area (TPSA) is 55.6 Å². The molecule has 4 rings (SSSR count). The van der Waals surface area contributed by atoms with Crippen LogP contribution in [0.15, 0.2) is 46.9 Å². The fourth-order valence-electron chi connectivity index (χ4n) is 3.24. The predicted octanol–water partition coefficient (Wildman–Crippen LogP) is 4.75. The SMILES string of the molecule is Cc1cc(C(=O)/C=C/c2sc(N3CCOCC3)nc2-c2ccccc2)c(C)o1. The molecule has 0 radical (unpaired) electrons. The Kier molecular flexibility index (Phi) is 5.41. The van der Waals surface area contributed by atoms with Crippen LogP contribution in [0.25, 0.3) is 17.3 Å². The van der Waals surface area contributed by atoms with E-state index in [1.54, 1.807) is 23.5 Å². The molecule has 5 nitrogen and oxygen atoms in total. The molecule has 0 spiro atoms. The quantitative estimate of drug-likeness (QED) is 0.462. The molecule has 2 aromatic heterocycles. The zero-order valence-electron chi connectivity index (χ0n) is 16.0. The second kappa shape index (κ2) is 8.12. The van der Waals surface area contributed by atoms with Crippen molar-refractivity contribution in [2.24, 2.45) is 0 Å². The van der Waals surface area contributed by atoms with Crippen LogP contribution in [-0.4, -0.2) is 37.1 Å². The molecule has 1 aromatic carbocycles. The number of morpholine rings is 1. The fraction of sp³-hybridized carbons (Fsp3) is 0.273. The van der Waals surface area contributed by atoms with E-state index in [4.69, 9.17) is 14.1 Å². The first-order valence-corrected chi connectivity index (χ1v) is 10.1. The molecule has 1 fully saturated rings. The minimum atomic E-state index is -0.0605. The Morgan fingerprint density at radius 3 is 2.61 bits per heavy atom. The number of hydrogen-bond acceptors (Lipinski definition) is 6. The number of ether oxygens (including phenoxy) is 1. The molecule has 0 aliphatic carbocycles. The molecule has 0 amide bonds. The summed E-state index contributed by atoms with van der Waals surface area (Å²) >= 11 is 1.60. The molecular formula is C22H22N2O3S. The molecule has 3 heterocycles. The van der Waals surface area contributed by atoms with E-state index < -0.39 is 0 Å². The largest absolute Gasteiger partial charge is 0.466 e. The van der Waals surface area contributed by atoms with Crippen LogP contribution in [0.4, 0.5) is 5.13 Å². The third-order valence-electron chi connectivity index (χ3n) is 4.66.